The summed E-state index contributed by atoms with van der Waals surface area (Å²) in [7, 11) is -1.55. The number of hydrogen-bond acceptors (Lipinski definition) is 3. The summed E-state index contributed by atoms with van der Waals surface area (Å²) in [5, 5.41) is 10.6. The van der Waals surface area contributed by atoms with Gasteiger partial charge in [0, 0.05) is 10.1 Å². The fourth-order valence-electron chi connectivity index (χ4n) is 1.73. The van der Waals surface area contributed by atoms with Gasteiger partial charge in [-0.15, -0.1) is 11.8 Å². The first-order chi connectivity index (χ1) is 8.92. The van der Waals surface area contributed by atoms with Crippen molar-refractivity contribution in [2.24, 2.45) is 0 Å². The van der Waals surface area contributed by atoms with Crippen molar-refractivity contribution in [3.63, 3.8) is 0 Å². The maximum absolute atomic E-state index is 10.3. The third-order valence-corrected chi connectivity index (χ3v) is 5.15. The highest BCUT2D eigenvalue weighted by atomic mass is 32.2. The van der Waals surface area contributed by atoms with Crippen molar-refractivity contribution < 1.29 is 9.53 Å². The van der Waals surface area contributed by atoms with E-state index in [1.807, 2.05) is 18.2 Å². The molecule has 0 unspecified atom stereocenters. The predicted molar refractivity (Wildman–Crippen MR) is 86.3 cm³/mol. The quantitative estimate of drug-likeness (QED) is 0.577. The summed E-state index contributed by atoms with van der Waals surface area (Å²) in [4.78, 5) is 1.22. The van der Waals surface area contributed by atoms with E-state index in [9.17, 15) is 5.11 Å². The van der Waals surface area contributed by atoms with E-state index in [0.717, 1.165) is 12.8 Å². The highest BCUT2D eigenvalue weighted by Gasteiger charge is 2.23. The molecule has 4 heteroatoms. The van der Waals surface area contributed by atoms with Gasteiger partial charge in [0.25, 0.3) is 0 Å². The second-order valence-electron chi connectivity index (χ2n) is 5.75. The fraction of sp³-hybridized carbons (Fsp3) is 0.600. The van der Waals surface area contributed by atoms with Crippen LogP contribution in [0.4, 0.5) is 0 Å². The monoisotopic (exact) mass is 298 g/mol. The Balaban J connectivity index is 2.56. The largest absolute Gasteiger partial charge is 0.415 e. The summed E-state index contributed by atoms with van der Waals surface area (Å²) in [5.74, 6) is 0. The van der Waals surface area contributed by atoms with E-state index >= 15 is 0 Å². The van der Waals surface area contributed by atoms with Crippen LogP contribution in [0.25, 0.3) is 0 Å². The van der Waals surface area contributed by atoms with Crippen molar-refractivity contribution >= 4 is 20.1 Å². The van der Waals surface area contributed by atoms with Crippen LogP contribution in [0.15, 0.2) is 35.2 Å². The molecule has 0 amide bonds. The van der Waals surface area contributed by atoms with Crippen molar-refractivity contribution in [3.05, 3.63) is 30.3 Å². The lowest BCUT2D eigenvalue weighted by Gasteiger charge is -2.25. The zero-order chi connectivity index (χ0) is 14.3. The minimum atomic E-state index is -1.55. The van der Waals surface area contributed by atoms with Gasteiger partial charge in [-0.3, -0.25) is 0 Å². The Hall–Kier alpha value is -0.293. The van der Waals surface area contributed by atoms with Gasteiger partial charge in [-0.25, -0.2) is 0 Å². The van der Waals surface area contributed by atoms with Crippen LogP contribution < -0.4 is 0 Å². The lowest BCUT2D eigenvalue weighted by atomic mass is 10.2. The first-order valence-corrected chi connectivity index (χ1v) is 11.2. The summed E-state index contributed by atoms with van der Waals surface area (Å²) in [6.07, 6.45) is 1.70. The molecule has 0 fully saturated rings. The molecule has 1 rings (SSSR count). The first kappa shape index (κ1) is 16.8. The number of aliphatic hydroxyl groups excluding tert-OH is 1. The Morgan fingerprint density at radius 2 is 1.84 bits per heavy atom. The van der Waals surface area contributed by atoms with E-state index < -0.39 is 14.4 Å². The van der Waals surface area contributed by atoms with E-state index in [1.165, 1.54) is 4.90 Å². The Morgan fingerprint density at radius 1 is 1.21 bits per heavy atom. The Bertz CT molecular complexity index is 351. The van der Waals surface area contributed by atoms with E-state index in [0.29, 0.717) is 6.61 Å². The third-order valence-electron chi connectivity index (χ3n) is 2.72. The molecule has 0 aliphatic rings. The molecule has 0 aliphatic carbocycles. The van der Waals surface area contributed by atoms with Gasteiger partial charge in [0.05, 0.1) is 12.7 Å². The number of aliphatic hydroxyl groups is 1. The van der Waals surface area contributed by atoms with Gasteiger partial charge in [0.2, 0.25) is 0 Å². The van der Waals surface area contributed by atoms with Crippen molar-refractivity contribution in [3.8, 4) is 0 Å². The van der Waals surface area contributed by atoms with Crippen molar-refractivity contribution in [1.82, 2.24) is 0 Å². The molecule has 19 heavy (non-hydrogen) atoms. The summed E-state index contributed by atoms with van der Waals surface area (Å²) in [6, 6.07) is 10.3. The SMILES string of the molecule is CCC[C@H](Sc1ccccc1)[C@H](O)CO[Si](C)(C)C. The van der Waals surface area contributed by atoms with Gasteiger partial charge in [0.1, 0.15) is 0 Å². The van der Waals surface area contributed by atoms with Crippen LogP contribution in [0.3, 0.4) is 0 Å². The molecule has 0 saturated heterocycles. The zero-order valence-corrected chi connectivity index (χ0v) is 14.2. The van der Waals surface area contributed by atoms with Crippen molar-refractivity contribution in [2.75, 3.05) is 6.61 Å². The van der Waals surface area contributed by atoms with Crippen LogP contribution in [0.1, 0.15) is 19.8 Å². The number of hydrogen-bond donors (Lipinski definition) is 1. The van der Waals surface area contributed by atoms with Crippen LogP contribution >= 0.6 is 11.8 Å². The fourth-order valence-corrected chi connectivity index (χ4v) is 3.65. The van der Waals surface area contributed by atoms with Crippen LogP contribution in [-0.4, -0.2) is 31.4 Å². The topological polar surface area (TPSA) is 29.5 Å². The molecule has 2 nitrogen and oxygen atoms in total. The summed E-state index contributed by atoms with van der Waals surface area (Å²) in [5.41, 5.74) is 0. The molecule has 0 spiro atoms. The van der Waals surface area contributed by atoms with E-state index in [2.05, 4.69) is 38.7 Å². The molecule has 0 aromatic heterocycles. The van der Waals surface area contributed by atoms with E-state index in [1.54, 1.807) is 11.8 Å². The van der Waals surface area contributed by atoms with E-state index in [-0.39, 0.29) is 5.25 Å². The molecular weight excluding hydrogens is 272 g/mol. The molecule has 0 heterocycles. The van der Waals surface area contributed by atoms with Crippen LogP contribution in [0.2, 0.25) is 19.6 Å². The molecular formula is C15H26O2SSi. The van der Waals surface area contributed by atoms with Gasteiger partial charge in [-0.2, -0.15) is 0 Å². The smallest absolute Gasteiger partial charge is 0.183 e. The number of benzene rings is 1. The van der Waals surface area contributed by atoms with Gasteiger partial charge in [-0.05, 0) is 38.2 Å². The molecule has 0 aliphatic heterocycles. The summed E-state index contributed by atoms with van der Waals surface area (Å²) >= 11 is 1.76. The van der Waals surface area contributed by atoms with E-state index in [4.69, 9.17) is 4.43 Å². The minimum absolute atomic E-state index is 0.212. The Morgan fingerprint density at radius 3 is 2.37 bits per heavy atom. The van der Waals surface area contributed by atoms with Gasteiger partial charge < -0.3 is 9.53 Å². The number of thioether (sulfide) groups is 1. The molecule has 1 N–H and O–H groups in total. The van der Waals surface area contributed by atoms with Crippen LogP contribution in [0, 0.1) is 0 Å². The molecule has 1 aromatic rings. The molecule has 1 aromatic carbocycles. The van der Waals surface area contributed by atoms with Gasteiger partial charge >= 0.3 is 0 Å². The van der Waals surface area contributed by atoms with Crippen molar-refractivity contribution in [2.45, 2.75) is 55.7 Å². The predicted octanol–water partition coefficient (Wildman–Crippen LogP) is 4.16. The van der Waals surface area contributed by atoms with Crippen molar-refractivity contribution in [1.29, 1.82) is 0 Å². The lowest BCUT2D eigenvalue weighted by Crippen LogP contribution is -2.35. The third kappa shape index (κ3) is 7.16. The van der Waals surface area contributed by atoms with Crippen LogP contribution in [-0.2, 0) is 4.43 Å². The summed E-state index contributed by atoms with van der Waals surface area (Å²) in [6.45, 7) is 9.07. The average molecular weight is 299 g/mol. The van der Waals surface area contributed by atoms with Gasteiger partial charge in [-0.1, -0.05) is 31.5 Å². The second-order valence-corrected chi connectivity index (χ2v) is 11.6. The lowest BCUT2D eigenvalue weighted by molar-refractivity contribution is 0.0995. The Labute approximate surface area is 122 Å². The summed E-state index contributed by atoms with van der Waals surface area (Å²) < 4.78 is 5.83. The maximum Gasteiger partial charge on any atom is 0.183 e. The highest BCUT2D eigenvalue weighted by Crippen LogP contribution is 2.28. The van der Waals surface area contributed by atoms with Crippen LogP contribution in [0.5, 0.6) is 0 Å². The molecule has 2 atom stereocenters. The maximum atomic E-state index is 10.3. The Kier molecular flexibility index (Phi) is 7.14. The first-order valence-electron chi connectivity index (χ1n) is 6.96. The second kappa shape index (κ2) is 8.10. The highest BCUT2D eigenvalue weighted by molar-refractivity contribution is 8.00. The van der Waals surface area contributed by atoms with Gasteiger partial charge in [0.15, 0.2) is 8.32 Å². The molecule has 108 valence electrons. The molecule has 0 saturated carbocycles. The minimum Gasteiger partial charge on any atom is -0.415 e. The zero-order valence-electron chi connectivity index (χ0n) is 12.4. The normalized spacial score (nSPS) is 15.2. The average Bonchev–Trinajstić information content (AvgIpc) is 2.36. The standard InChI is InChI=1S/C15H26O2SSi/c1-5-9-15(14(16)12-17-19(2,3)4)18-13-10-7-6-8-11-13/h6-8,10-11,14-16H,5,9,12H2,1-4H3/t14-,15+/m1/s1. The molecule has 0 radical (unpaired) electrons. The number of rotatable bonds is 8. The molecule has 0 bridgehead atoms.